The second kappa shape index (κ2) is 6.51. The van der Waals surface area contributed by atoms with E-state index < -0.39 is 6.04 Å². The Kier molecular flexibility index (Phi) is 4.73. The van der Waals surface area contributed by atoms with Crippen molar-refractivity contribution in [2.45, 2.75) is 26.4 Å². The predicted octanol–water partition coefficient (Wildman–Crippen LogP) is -0.0776. The van der Waals surface area contributed by atoms with Crippen LogP contribution in [0.25, 0.3) is 0 Å². The monoisotopic (exact) mass is 280 g/mol. The Labute approximate surface area is 117 Å². The zero-order valence-electron chi connectivity index (χ0n) is 11.8. The molecule has 1 atom stereocenters. The van der Waals surface area contributed by atoms with Gasteiger partial charge < -0.3 is 19.5 Å². The van der Waals surface area contributed by atoms with Crippen molar-refractivity contribution >= 4 is 11.7 Å². The standard InChI is InChI=1S/C13H20N4O3/c1-3-16-5-4-14-11(13(16)19)15-10(2)12(18)17-6-8-20-9-7-17/h4-5,10H,3,6-9H2,1-2H3,(H,14,15). The van der Waals surface area contributed by atoms with Crippen LogP contribution in [0.2, 0.25) is 0 Å². The summed E-state index contributed by atoms with van der Waals surface area (Å²) in [7, 11) is 0. The molecule has 1 amide bonds. The van der Waals surface area contributed by atoms with E-state index in [-0.39, 0.29) is 17.3 Å². The fourth-order valence-corrected chi connectivity index (χ4v) is 2.12. The van der Waals surface area contributed by atoms with Crippen LogP contribution in [0, 0.1) is 0 Å². The van der Waals surface area contributed by atoms with E-state index in [0.717, 1.165) is 0 Å². The van der Waals surface area contributed by atoms with Gasteiger partial charge in [0.2, 0.25) is 5.91 Å². The number of aryl methyl sites for hydroxylation is 1. The lowest BCUT2D eigenvalue weighted by Gasteiger charge is -2.29. The molecule has 1 fully saturated rings. The normalized spacial score (nSPS) is 16.8. The number of carbonyl (C=O) groups excluding carboxylic acids is 1. The molecule has 0 saturated carbocycles. The van der Waals surface area contributed by atoms with E-state index in [1.165, 1.54) is 0 Å². The van der Waals surface area contributed by atoms with Gasteiger partial charge in [0, 0.05) is 32.0 Å². The first-order chi connectivity index (χ1) is 9.63. The molecular weight excluding hydrogens is 260 g/mol. The molecule has 0 bridgehead atoms. The van der Waals surface area contributed by atoms with Gasteiger partial charge in [-0.3, -0.25) is 9.59 Å². The highest BCUT2D eigenvalue weighted by atomic mass is 16.5. The van der Waals surface area contributed by atoms with Gasteiger partial charge in [0.1, 0.15) is 6.04 Å². The lowest BCUT2D eigenvalue weighted by molar-refractivity contribution is -0.135. The number of nitrogens with zero attached hydrogens (tertiary/aromatic N) is 3. The molecule has 7 nitrogen and oxygen atoms in total. The molecule has 1 aromatic heterocycles. The fraction of sp³-hybridized carbons (Fsp3) is 0.615. The summed E-state index contributed by atoms with van der Waals surface area (Å²) < 4.78 is 6.76. The number of nitrogens with one attached hydrogen (secondary N) is 1. The summed E-state index contributed by atoms with van der Waals surface area (Å²) in [5, 5.41) is 2.91. The molecular formula is C13H20N4O3. The van der Waals surface area contributed by atoms with E-state index in [4.69, 9.17) is 4.74 Å². The number of rotatable bonds is 4. The van der Waals surface area contributed by atoms with E-state index in [9.17, 15) is 9.59 Å². The molecule has 110 valence electrons. The third kappa shape index (κ3) is 3.16. The van der Waals surface area contributed by atoms with Crippen LogP contribution < -0.4 is 10.9 Å². The number of ether oxygens (including phenoxy) is 1. The SMILES string of the molecule is CCn1ccnc(NC(C)C(=O)N2CCOCC2)c1=O. The van der Waals surface area contributed by atoms with Crippen molar-refractivity contribution in [3.8, 4) is 0 Å². The number of anilines is 1. The Hall–Kier alpha value is -1.89. The van der Waals surface area contributed by atoms with Crippen LogP contribution in [0.3, 0.4) is 0 Å². The molecule has 1 aliphatic heterocycles. The molecule has 0 spiro atoms. The van der Waals surface area contributed by atoms with Gasteiger partial charge in [-0.15, -0.1) is 0 Å². The molecule has 2 rings (SSSR count). The Morgan fingerprint density at radius 1 is 1.50 bits per heavy atom. The molecule has 1 aromatic rings. The number of morpholine rings is 1. The Bertz CT molecular complexity index is 523. The largest absolute Gasteiger partial charge is 0.378 e. The minimum absolute atomic E-state index is 0.0404. The zero-order chi connectivity index (χ0) is 14.5. The van der Waals surface area contributed by atoms with Crippen molar-refractivity contribution < 1.29 is 9.53 Å². The predicted molar refractivity (Wildman–Crippen MR) is 74.7 cm³/mol. The molecule has 20 heavy (non-hydrogen) atoms. The lowest BCUT2D eigenvalue weighted by Crippen LogP contribution is -2.47. The highest BCUT2D eigenvalue weighted by molar-refractivity contribution is 5.84. The van der Waals surface area contributed by atoms with Gasteiger partial charge in [-0.1, -0.05) is 0 Å². The van der Waals surface area contributed by atoms with Gasteiger partial charge in [-0.2, -0.15) is 0 Å². The van der Waals surface area contributed by atoms with Gasteiger partial charge in [-0.05, 0) is 13.8 Å². The first-order valence-corrected chi connectivity index (χ1v) is 6.82. The van der Waals surface area contributed by atoms with Crippen molar-refractivity contribution in [2.75, 3.05) is 31.6 Å². The third-order valence-electron chi connectivity index (χ3n) is 3.30. The molecule has 7 heteroatoms. The maximum Gasteiger partial charge on any atom is 0.293 e. The molecule has 1 unspecified atom stereocenters. The van der Waals surface area contributed by atoms with E-state index in [0.29, 0.717) is 32.8 Å². The first-order valence-electron chi connectivity index (χ1n) is 6.82. The smallest absolute Gasteiger partial charge is 0.293 e. The zero-order valence-corrected chi connectivity index (χ0v) is 11.8. The summed E-state index contributed by atoms with van der Waals surface area (Å²) in [5.74, 6) is 0.171. The number of amides is 1. The lowest BCUT2D eigenvalue weighted by atomic mass is 10.2. The second-order valence-electron chi connectivity index (χ2n) is 4.67. The van der Waals surface area contributed by atoms with Crippen molar-refractivity contribution in [1.29, 1.82) is 0 Å². The van der Waals surface area contributed by atoms with Crippen LogP contribution in [0.5, 0.6) is 0 Å². The third-order valence-corrected chi connectivity index (χ3v) is 3.30. The van der Waals surface area contributed by atoms with Gasteiger partial charge in [-0.25, -0.2) is 4.98 Å². The van der Waals surface area contributed by atoms with Crippen LogP contribution in [0.1, 0.15) is 13.8 Å². The topological polar surface area (TPSA) is 76.5 Å². The summed E-state index contributed by atoms with van der Waals surface area (Å²) in [6.45, 7) is 6.49. The molecule has 1 saturated heterocycles. The highest BCUT2D eigenvalue weighted by Gasteiger charge is 2.23. The molecule has 0 aliphatic carbocycles. The van der Waals surface area contributed by atoms with Crippen molar-refractivity contribution in [2.24, 2.45) is 0 Å². The minimum atomic E-state index is -0.485. The average Bonchev–Trinajstić information content (AvgIpc) is 2.49. The maximum atomic E-state index is 12.2. The van der Waals surface area contributed by atoms with Crippen LogP contribution in [0.15, 0.2) is 17.2 Å². The number of hydrogen-bond acceptors (Lipinski definition) is 5. The van der Waals surface area contributed by atoms with Gasteiger partial charge >= 0.3 is 0 Å². The Balaban J connectivity index is 2.05. The van der Waals surface area contributed by atoms with Crippen molar-refractivity contribution in [1.82, 2.24) is 14.5 Å². The molecule has 1 N–H and O–H groups in total. The Morgan fingerprint density at radius 3 is 2.85 bits per heavy atom. The van der Waals surface area contributed by atoms with Crippen LogP contribution >= 0.6 is 0 Å². The van der Waals surface area contributed by atoms with Crippen LogP contribution in [-0.2, 0) is 16.1 Å². The van der Waals surface area contributed by atoms with Gasteiger partial charge in [0.05, 0.1) is 13.2 Å². The number of aromatic nitrogens is 2. The van der Waals surface area contributed by atoms with Gasteiger partial charge in [0.25, 0.3) is 5.56 Å². The van der Waals surface area contributed by atoms with E-state index in [2.05, 4.69) is 10.3 Å². The van der Waals surface area contributed by atoms with Crippen molar-refractivity contribution in [3.63, 3.8) is 0 Å². The fourth-order valence-electron chi connectivity index (χ4n) is 2.12. The van der Waals surface area contributed by atoms with Crippen molar-refractivity contribution in [3.05, 3.63) is 22.7 Å². The summed E-state index contributed by atoms with van der Waals surface area (Å²) in [4.78, 5) is 30.0. The van der Waals surface area contributed by atoms with Gasteiger partial charge in [0.15, 0.2) is 5.82 Å². The van der Waals surface area contributed by atoms with E-state index >= 15 is 0 Å². The first kappa shape index (κ1) is 14.5. The highest BCUT2D eigenvalue weighted by Crippen LogP contribution is 2.04. The minimum Gasteiger partial charge on any atom is -0.378 e. The Morgan fingerprint density at radius 2 is 2.20 bits per heavy atom. The van der Waals surface area contributed by atoms with E-state index in [1.54, 1.807) is 28.8 Å². The quantitative estimate of drug-likeness (QED) is 0.835. The summed E-state index contributed by atoms with van der Waals surface area (Å²) in [5.41, 5.74) is -0.211. The maximum absolute atomic E-state index is 12.2. The number of carbonyl (C=O) groups is 1. The summed E-state index contributed by atoms with van der Waals surface area (Å²) in [6.07, 6.45) is 3.18. The van der Waals surface area contributed by atoms with E-state index in [1.807, 2.05) is 6.92 Å². The van der Waals surface area contributed by atoms with Crippen LogP contribution in [-0.4, -0.2) is 52.7 Å². The average molecular weight is 280 g/mol. The molecule has 2 heterocycles. The second-order valence-corrected chi connectivity index (χ2v) is 4.67. The summed E-state index contributed by atoms with van der Waals surface area (Å²) >= 11 is 0. The van der Waals surface area contributed by atoms with Crippen LogP contribution in [0.4, 0.5) is 5.82 Å². The number of hydrogen-bond donors (Lipinski definition) is 1. The molecule has 1 aliphatic rings. The summed E-state index contributed by atoms with van der Waals surface area (Å²) in [6, 6.07) is -0.485. The molecule has 0 radical (unpaired) electrons. The molecule has 0 aromatic carbocycles.